The van der Waals surface area contributed by atoms with E-state index in [4.69, 9.17) is 10.2 Å². The van der Waals surface area contributed by atoms with Gasteiger partial charge in [0.2, 0.25) is 0 Å². The van der Waals surface area contributed by atoms with E-state index >= 15 is 0 Å². The first-order valence-electron chi connectivity index (χ1n) is 6.98. The monoisotopic (exact) mass is 252 g/mol. The smallest absolute Gasteiger partial charge is 0.118 e. The van der Waals surface area contributed by atoms with Crippen LogP contribution in [0.25, 0.3) is 0 Å². The van der Waals surface area contributed by atoms with Gasteiger partial charge in [-0.05, 0) is 39.4 Å². The van der Waals surface area contributed by atoms with Crippen LogP contribution in [0.5, 0.6) is 0 Å². The van der Waals surface area contributed by atoms with Crippen LogP contribution >= 0.6 is 0 Å². The number of nitrogens with two attached hydrogens (primary N) is 1. The molecule has 0 aliphatic rings. The maximum absolute atomic E-state index is 5.98. The van der Waals surface area contributed by atoms with Gasteiger partial charge in [0.25, 0.3) is 0 Å². The lowest BCUT2D eigenvalue weighted by molar-refractivity contribution is 0.113. The van der Waals surface area contributed by atoms with Gasteiger partial charge in [-0.25, -0.2) is 0 Å². The highest BCUT2D eigenvalue weighted by Crippen LogP contribution is 2.22. The number of hydrogen-bond acceptors (Lipinski definition) is 3. The molecule has 0 aromatic carbocycles. The van der Waals surface area contributed by atoms with Gasteiger partial charge in [0, 0.05) is 12.1 Å². The maximum Gasteiger partial charge on any atom is 0.118 e. The minimum Gasteiger partial charge on any atom is -0.465 e. The highest BCUT2D eigenvalue weighted by Gasteiger charge is 2.27. The number of hydrogen-bond donors (Lipinski definition) is 1. The molecular formula is C15H28N2O. The van der Waals surface area contributed by atoms with E-state index in [-0.39, 0.29) is 5.54 Å². The summed E-state index contributed by atoms with van der Waals surface area (Å²) in [5.74, 6) is 1.99. The normalized spacial score (nSPS) is 15.0. The van der Waals surface area contributed by atoms with Crippen molar-refractivity contribution in [2.45, 2.75) is 58.5 Å². The van der Waals surface area contributed by atoms with Crippen LogP contribution in [-0.2, 0) is 6.54 Å². The quantitative estimate of drug-likeness (QED) is 0.722. The SMILES string of the molecule is CCCCCC(C)(CN)N(C)Cc1ccc(C)o1. The van der Waals surface area contributed by atoms with E-state index in [1.807, 2.05) is 13.0 Å². The molecule has 3 nitrogen and oxygen atoms in total. The first-order chi connectivity index (χ1) is 8.51. The molecule has 0 amide bonds. The summed E-state index contributed by atoms with van der Waals surface area (Å²) in [7, 11) is 2.14. The van der Waals surface area contributed by atoms with E-state index < -0.39 is 0 Å². The van der Waals surface area contributed by atoms with Crippen molar-refractivity contribution >= 4 is 0 Å². The van der Waals surface area contributed by atoms with Crippen molar-refractivity contribution in [3.05, 3.63) is 23.7 Å². The fourth-order valence-electron chi connectivity index (χ4n) is 2.20. The van der Waals surface area contributed by atoms with Crippen molar-refractivity contribution in [3.63, 3.8) is 0 Å². The van der Waals surface area contributed by atoms with Crippen LogP contribution in [-0.4, -0.2) is 24.0 Å². The molecule has 0 spiro atoms. The van der Waals surface area contributed by atoms with Crippen LogP contribution in [0, 0.1) is 6.92 Å². The van der Waals surface area contributed by atoms with E-state index in [9.17, 15) is 0 Å². The molecule has 1 rings (SSSR count). The van der Waals surface area contributed by atoms with Crippen LogP contribution in [0.4, 0.5) is 0 Å². The van der Waals surface area contributed by atoms with Crippen LogP contribution in [0.3, 0.4) is 0 Å². The van der Waals surface area contributed by atoms with E-state index in [0.29, 0.717) is 6.54 Å². The molecule has 1 heterocycles. The minimum atomic E-state index is 0.0653. The van der Waals surface area contributed by atoms with Crippen LogP contribution in [0.1, 0.15) is 51.1 Å². The zero-order valence-electron chi connectivity index (χ0n) is 12.3. The highest BCUT2D eigenvalue weighted by molar-refractivity contribution is 5.06. The minimum absolute atomic E-state index is 0.0653. The second-order valence-corrected chi connectivity index (χ2v) is 5.53. The van der Waals surface area contributed by atoms with Crippen molar-refractivity contribution < 1.29 is 4.42 Å². The summed E-state index contributed by atoms with van der Waals surface area (Å²) in [5, 5.41) is 0. The molecule has 0 aliphatic carbocycles. The summed E-state index contributed by atoms with van der Waals surface area (Å²) >= 11 is 0. The predicted octanol–water partition coefficient (Wildman–Crippen LogP) is 3.32. The Bertz CT molecular complexity index is 348. The molecule has 0 radical (unpaired) electrons. The topological polar surface area (TPSA) is 42.4 Å². The Labute approximate surface area is 111 Å². The molecule has 1 aromatic heterocycles. The van der Waals surface area contributed by atoms with Gasteiger partial charge >= 0.3 is 0 Å². The molecular weight excluding hydrogens is 224 g/mol. The Kier molecular flexibility index (Phi) is 5.89. The zero-order chi connectivity index (χ0) is 13.6. The average Bonchev–Trinajstić information content (AvgIpc) is 2.74. The fourth-order valence-corrected chi connectivity index (χ4v) is 2.20. The van der Waals surface area contributed by atoms with Crippen LogP contribution in [0.15, 0.2) is 16.5 Å². The van der Waals surface area contributed by atoms with E-state index in [1.54, 1.807) is 0 Å². The molecule has 104 valence electrons. The first-order valence-corrected chi connectivity index (χ1v) is 6.98. The van der Waals surface area contributed by atoms with Gasteiger partial charge in [-0.15, -0.1) is 0 Å². The van der Waals surface area contributed by atoms with Gasteiger partial charge in [0.05, 0.1) is 6.54 Å². The van der Waals surface area contributed by atoms with E-state index in [2.05, 4.69) is 31.9 Å². The summed E-state index contributed by atoms with van der Waals surface area (Å²) in [5.41, 5.74) is 6.04. The van der Waals surface area contributed by atoms with Gasteiger partial charge in [0.1, 0.15) is 11.5 Å². The summed E-state index contributed by atoms with van der Waals surface area (Å²) in [6.45, 7) is 7.97. The lowest BCUT2D eigenvalue weighted by Gasteiger charge is -2.37. The third kappa shape index (κ3) is 4.14. The van der Waals surface area contributed by atoms with Crippen molar-refractivity contribution in [3.8, 4) is 0 Å². The van der Waals surface area contributed by atoms with Gasteiger partial charge in [-0.2, -0.15) is 0 Å². The molecule has 0 aliphatic heterocycles. The average molecular weight is 252 g/mol. The van der Waals surface area contributed by atoms with Crippen molar-refractivity contribution in [1.29, 1.82) is 0 Å². The Hall–Kier alpha value is -0.800. The van der Waals surface area contributed by atoms with Gasteiger partial charge < -0.3 is 10.2 Å². The van der Waals surface area contributed by atoms with Crippen LogP contribution < -0.4 is 5.73 Å². The first kappa shape index (κ1) is 15.3. The standard InChI is InChI=1S/C15H28N2O/c1-5-6-7-10-15(3,12-16)17(4)11-14-9-8-13(2)18-14/h8-9H,5-7,10-12,16H2,1-4H3. The molecule has 18 heavy (non-hydrogen) atoms. The number of unbranched alkanes of at least 4 members (excludes halogenated alkanes) is 2. The Morgan fingerprint density at radius 1 is 1.33 bits per heavy atom. The summed E-state index contributed by atoms with van der Waals surface area (Å²) in [6.07, 6.45) is 4.92. The maximum atomic E-state index is 5.98. The van der Waals surface area contributed by atoms with Crippen molar-refractivity contribution in [2.24, 2.45) is 5.73 Å². The van der Waals surface area contributed by atoms with Crippen molar-refractivity contribution in [2.75, 3.05) is 13.6 Å². The molecule has 0 bridgehead atoms. The van der Waals surface area contributed by atoms with Gasteiger partial charge in [-0.3, -0.25) is 4.90 Å². The molecule has 0 saturated heterocycles. The zero-order valence-corrected chi connectivity index (χ0v) is 12.3. The number of rotatable bonds is 8. The number of likely N-dealkylation sites (N-methyl/N-ethyl adjacent to an activating group) is 1. The Morgan fingerprint density at radius 3 is 2.56 bits per heavy atom. The van der Waals surface area contributed by atoms with Crippen LogP contribution in [0.2, 0.25) is 0 Å². The number of nitrogens with zero attached hydrogens (tertiary/aromatic N) is 1. The third-order valence-corrected chi connectivity index (χ3v) is 3.87. The van der Waals surface area contributed by atoms with E-state index in [1.165, 1.54) is 19.3 Å². The van der Waals surface area contributed by atoms with Gasteiger partial charge in [0.15, 0.2) is 0 Å². The second kappa shape index (κ2) is 6.95. The lowest BCUT2D eigenvalue weighted by atomic mass is 9.92. The molecule has 1 unspecified atom stereocenters. The molecule has 2 N–H and O–H groups in total. The number of aryl methyl sites for hydroxylation is 1. The summed E-state index contributed by atoms with van der Waals surface area (Å²) in [4.78, 5) is 2.32. The third-order valence-electron chi connectivity index (χ3n) is 3.87. The second-order valence-electron chi connectivity index (χ2n) is 5.53. The lowest BCUT2D eigenvalue weighted by Crippen LogP contribution is -2.49. The Balaban J connectivity index is 2.57. The van der Waals surface area contributed by atoms with Gasteiger partial charge in [-0.1, -0.05) is 26.2 Å². The molecule has 1 aromatic rings. The summed E-state index contributed by atoms with van der Waals surface area (Å²) < 4.78 is 5.64. The van der Waals surface area contributed by atoms with E-state index in [0.717, 1.165) is 24.5 Å². The largest absolute Gasteiger partial charge is 0.465 e. The predicted molar refractivity (Wildman–Crippen MR) is 76.5 cm³/mol. The summed E-state index contributed by atoms with van der Waals surface area (Å²) in [6, 6.07) is 4.06. The van der Waals surface area contributed by atoms with Crippen molar-refractivity contribution in [1.82, 2.24) is 4.90 Å². The number of furan rings is 1. The molecule has 1 atom stereocenters. The molecule has 0 fully saturated rings. The Morgan fingerprint density at radius 2 is 2.06 bits per heavy atom. The highest BCUT2D eigenvalue weighted by atomic mass is 16.3. The molecule has 0 saturated carbocycles. The fraction of sp³-hybridized carbons (Fsp3) is 0.733. The molecule has 3 heteroatoms.